The first-order valence-electron chi connectivity index (χ1n) is 9.02. The van der Waals surface area contributed by atoms with E-state index >= 15 is 0 Å². The molecule has 0 bridgehead atoms. The number of para-hydroxylation sites is 1. The molecule has 0 saturated heterocycles. The van der Waals surface area contributed by atoms with E-state index in [1.165, 1.54) is 0 Å². The molecular weight excluding hydrogens is 388 g/mol. The second-order valence-corrected chi connectivity index (χ2v) is 8.66. The van der Waals surface area contributed by atoms with Gasteiger partial charge >= 0.3 is 0 Å². The highest BCUT2D eigenvalue weighted by Gasteiger charge is 2.15. The molecule has 0 aliphatic heterocycles. The quantitative estimate of drug-likeness (QED) is 0.399. The first-order valence-corrected chi connectivity index (χ1v) is 10.9. The lowest BCUT2D eigenvalue weighted by Crippen LogP contribution is -2.26. The van der Waals surface area contributed by atoms with Crippen molar-refractivity contribution in [1.82, 2.24) is 10.3 Å². The predicted molar refractivity (Wildman–Crippen MR) is 115 cm³/mol. The molecule has 2 aromatic carbocycles. The zero-order chi connectivity index (χ0) is 19.5. The molecule has 2 aromatic heterocycles. The fourth-order valence-corrected chi connectivity index (χ4v) is 4.41. The average molecular weight is 409 g/mol. The number of carbonyl (C=O) groups excluding carboxylic acids is 1. The predicted octanol–water partition coefficient (Wildman–Crippen LogP) is 5.98. The van der Waals surface area contributed by atoms with E-state index in [0.717, 1.165) is 38.1 Å². The van der Waals surface area contributed by atoms with Crippen LogP contribution in [-0.4, -0.2) is 10.9 Å². The third-order valence-corrected chi connectivity index (χ3v) is 6.26. The Bertz CT molecular complexity index is 1070. The fraction of sp³-hybridized carbons (Fsp3) is 0.182. The van der Waals surface area contributed by atoms with Crippen molar-refractivity contribution < 1.29 is 9.21 Å². The summed E-state index contributed by atoms with van der Waals surface area (Å²) in [7, 11) is 0. The summed E-state index contributed by atoms with van der Waals surface area (Å²) in [4.78, 5) is 18.2. The molecule has 0 spiro atoms. The zero-order valence-corrected chi connectivity index (χ0v) is 17.3. The minimum absolute atomic E-state index is 0.111. The summed E-state index contributed by atoms with van der Waals surface area (Å²) >= 11 is 3.38. The number of furan rings is 1. The van der Waals surface area contributed by atoms with Crippen molar-refractivity contribution in [2.45, 2.75) is 30.5 Å². The Morgan fingerprint density at radius 1 is 1.21 bits per heavy atom. The van der Waals surface area contributed by atoms with Crippen LogP contribution in [-0.2, 0) is 5.75 Å². The summed E-state index contributed by atoms with van der Waals surface area (Å²) in [6.07, 6.45) is 0. The third-order valence-electron chi connectivity index (χ3n) is 4.39. The number of thioether (sulfide) groups is 1. The summed E-state index contributed by atoms with van der Waals surface area (Å²) in [5.41, 5.74) is 2.56. The van der Waals surface area contributed by atoms with E-state index in [1.807, 2.05) is 68.4 Å². The average Bonchev–Trinajstić information content (AvgIpc) is 3.32. The Morgan fingerprint density at radius 2 is 2.00 bits per heavy atom. The molecule has 1 unspecified atom stereocenters. The lowest BCUT2D eigenvalue weighted by molar-refractivity contribution is 0.0935. The van der Waals surface area contributed by atoms with Gasteiger partial charge in [0.25, 0.3) is 5.91 Å². The van der Waals surface area contributed by atoms with Gasteiger partial charge in [0, 0.05) is 27.0 Å². The van der Waals surface area contributed by atoms with Gasteiger partial charge in [-0.25, -0.2) is 4.98 Å². The van der Waals surface area contributed by atoms with Gasteiger partial charge in [0.2, 0.25) is 0 Å². The highest BCUT2D eigenvalue weighted by Crippen LogP contribution is 2.25. The van der Waals surface area contributed by atoms with Gasteiger partial charge in [-0.15, -0.1) is 23.1 Å². The van der Waals surface area contributed by atoms with E-state index < -0.39 is 0 Å². The maximum atomic E-state index is 12.6. The summed E-state index contributed by atoms with van der Waals surface area (Å²) in [5.74, 6) is 1.47. The van der Waals surface area contributed by atoms with Crippen LogP contribution in [0.15, 0.2) is 69.3 Å². The van der Waals surface area contributed by atoms with E-state index in [0.29, 0.717) is 5.56 Å². The van der Waals surface area contributed by atoms with E-state index in [1.54, 1.807) is 23.1 Å². The molecule has 0 radical (unpaired) electrons. The number of amides is 1. The second kappa shape index (κ2) is 8.20. The summed E-state index contributed by atoms with van der Waals surface area (Å²) in [6.45, 7) is 3.94. The topological polar surface area (TPSA) is 55.1 Å². The van der Waals surface area contributed by atoms with Crippen molar-refractivity contribution in [1.29, 1.82) is 0 Å². The Hall–Kier alpha value is -2.57. The Morgan fingerprint density at radius 3 is 2.71 bits per heavy atom. The SMILES string of the molecule is Cc1nc(CSc2ccc(C(=O)NC(C)c3cc4ccccc4o3)cc2)cs1. The van der Waals surface area contributed by atoms with Gasteiger partial charge in [-0.3, -0.25) is 4.79 Å². The summed E-state index contributed by atoms with van der Waals surface area (Å²) in [6, 6.07) is 17.3. The lowest BCUT2D eigenvalue weighted by atomic mass is 10.1. The van der Waals surface area contributed by atoms with Crippen LogP contribution in [0.1, 0.15) is 39.8 Å². The largest absolute Gasteiger partial charge is 0.459 e. The first-order chi connectivity index (χ1) is 13.6. The number of nitrogens with zero attached hydrogens (tertiary/aromatic N) is 1. The molecule has 0 fully saturated rings. The van der Waals surface area contributed by atoms with Gasteiger partial charge in [-0.1, -0.05) is 18.2 Å². The molecule has 4 nitrogen and oxygen atoms in total. The van der Waals surface area contributed by atoms with Crippen LogP contribution in [0.2, 0.25) is 0 Å². The molecule has 1 amide bonds. The molecule has 28 heavy (non-hydrogen) atoms. The van der Waals surface area contributed by atoms with Crippen LogP contribution in [0, 0.1) is 6.92 Å². The molecule has 142 valence electrons. The number of benzene rings is 2. The number of fused-ring (bicyclic) bond motifs is 1. The van der Waals surface area contributed by atoms with E-state index in [4.69, 9.17) is 4.42 Å². The molecule has 4 aromatic rings. The number of aromatic nitrogens is 1. The molecule has 1 N–H and O–H groups in total. The minimum Gasteiger partial charge on any atom is -0.459 e. The molecule has 6 heteroatoms. The number of hydrogen-bond acceptors (Lipinski definition) is 5. The molecule has 0 aliphatic rings. The number of aryl methyl sites for hydroxylation is 1. The Kier molecular flexibility index (Phi) is 5.50. The van der Waals surface area contributed by atoms with Crippen LogP contribution in [0.5, 0.6) is 0 Å². The second-order valence-electron chi connectivity index (χ2n) is 6.55. The van der Waals surface area contributed by atoms with Crippen molar-refractivity contribution in [3.8, 4) is 0 Å². The maximum absolute atomic E-state index is 12.6. The van der Waals surface area contributed by atoms with Crippen LogP contribution in [0.3, 0.4) is 0 Å². The number of carbonyl (C=O) groups is 1. The standard InChI is InChI=1S/C22H20N2O2S2/c1-14(21-11-17-5-3-4-6-20(17)26-21)23-22(25)16-7-9-19(10-8-16)28-13-18-12-27-15(2)24-18/h3-12,14H,13H2,1-2H3,(H,23,25). The van der Waals surface area contributed by atoms with Gasteiger partial charge < -0.3 is 9.73 Å². The van der Waals surface area contributed by atoms with Gasteiger partial charge in [0.05, 0.1) is 16.7 Å². The van der Waals surface area contributed by atoms with Gasteiger partial charge in [-0.2, -0.15) is 0 Å². The molecule has 1 atom stereocenters. The van der Waals surface area contributed by atoms with Crippen LogP contribution in [0.4, 0.5) is 0 Å². The molecule has 4 rings (SSSR count). The minimum atomic E-state index is -0.207. The molecule has 0 saturated carbocycles. The van der Waals surface area contributed by atoms with E-state index in [-0.39, 0.29) is 11.9 Å². The van der Waals surface area contributed by atoms with Crippen molar-refractivity contribution >= 4 is 40.0 Å². The van der Waals surface area contributed by atoms with Gasteiger partial charge in [0.15, 0.2) is 0 Å². The van der Waals surface area contributed by atoms with Gasteiger partial charge in [0.1, 0.15) is 11.3 Å². The Balaban J connectivity index is 1.37. The highest BCUT2D eigenvalue weighted by atomic mass is 32.2. The maximum Gasteiger partial charge on any atom is 0.251 e. The monoisotopic (exact) mass is 408 g/mol. The fourth-order valence-electron chi connectivity index (χ4n) is 2.90. The molecular formula is C22H20N2O2S2. The van der Waals surface area contributed by atoms with Crippen molar-refractivity contribution in [3.05, 3.63) is 82.0 Å². The zero-order valence-electron chi connectivity index (χ0n) is 15.6. The number of nitrogens with one attached hydrogen (secondary N) is 1. The molecule has 0 aliphatic carbocycles. The van der Waals surface area contributed by atoms with Crippen molar-refractivity contribution in [3.63, 3.8) is 0 Å². The highest BCUT2D eigenvalue weighted by molar-refractivity contribution is 7.98. The molecule has 2 heterocycles. The number of hydrogen-bond donors (Lipinski definition) is 1. The van der Waals surface area contributed by atoms with Crippen molar-refractivity contribution in [2.24, 2.45) is 0 Å². The summed E-state index contributed by atoms with van der Waals surface area (Å²) < 4.78 is 5.84. The Labute approximate surface area is 172 Å². The van der Waals surface area contributed by atoms with Crippen molar-refractivity contribution in [2.75, 3.05) is 0 Å². The summed E-state index contributed by atoms with van der Waals surface area (Å²) in [5, 5.41) is 7.21. The van der Waals surface area contributed by atoms with Gasteiger partial charge in [-0.05, 0) is 50.2 Å². The normalized spacial score (nSPS) is 12.2. The smallest absolute Gasteiger partial charge is 0.251 e. The number of thiazole rings is 1. The first kappa shape index (κ1) is 18.8. The van der Waals surface area contributed by atoms with E-state index in [9.17, 15) is 4.79 Å². The van der Waals surface area contributed by atoms with Crippen LogP contribution in [0.25, 0.3) is 11.0 Å². The number of rotatable bonds is 6. The van der Waals surface area contributed by atoms with Crippen LogP contribution >= 0.6 is 23.1 Å². The third kappa shape index (κ3) is 4.29. The lowest BCUT2D eigenvalue weighted by Gasteiger charge is -2.11. The van der Waals surface area contributed by atoms with Crippen LogP contribution < -0.4 is 5.32 Å². The van der Waals surface area contributed by atoms with E-state index in [2.05, 4.69) is 15.7 Å².